The largest absolute Gasteiger partial charge is 0.374 e. The van der Waals surface area contributed by atoms with Crippen molar-refractivity contribution in [3.05, 3.63) is 28.2 Å². The lowest BCUT2D eigenvalue weighted by atomic mass is 10.1. The number of rotatable bonds is 5. The molecule has 2 nitrogen and oxygen atoms in total. The zero-order valence-corrected chi connectivity index (χ0v) is 11.5. The Labute approximate surface area is 106 Å². The van der Waals surface area contributed by atoms with Crippen molar-refractivity contribution in [2.75, 3.05) is 25.5 Å². The number of halogens is 1. The average molecular weight is 283 g/mol. The molecule has 0 heterocycles. The van der Waals surface area contributed by atoms with E-state index in [0.29, 0.717) is 0 Å². The normalized spacial score (nSPS) is 15.2. The summed E-state index contributed by atoms with van der Waals surface area (Å²) in [7, 11) is 4.19. The molecule has 0 unspecified atom stereocenters. The van der Waals surface area contributed by atoms with Crippen molar-refractivity contribution in [2.24, 2.45) is 5.92 Å². The highest BCUT2D eigenvalue weighted by Gasteiger charge is 2.23. The standard InChI is InChI=1S/C13H19BrN2/c1-15-8-11-5-6-12(14)7-13(11)16(2)9-10-3-4-10/h5-7,10,15H,3-4,8-9H2,1-2H3. The minimum absolute atomic E-state index is 0.923. The van der Waals surface area contributed by atoms with Crippen molar-refractivity contribution in [2.45, 2.75) is 19.4 Å². The molecule has 0 aliphatic heterocycles. The molecule has 1 fully saturated rings. The lowest BCUT2D eigenvalue weighted by molar-refractivity contribution is 0.767. The molecule has 88 valence electrons. The molecule has 1 N–H and O–H groups in total. The van der Waals surface area contributed by atoms with Gasteiger partial charge in [-0.1, -0.05) is 22.0 Å². The number of anilines is 1. The topological polar surface area (TPSA) is 15.3 Å². The van der Waals surface area contributed by atoms with Crippen molar-refractivity contribution in [3.8, 4) is 0 Å². The SMILES string of the molecule is CNCc1ccc(Br)cc1N(C)CC1CC1. The molecule has 1 aromatic rings. The first-order chi connectivity index (χ1) is 7.70. The predicted octanol–water partition coefficient (Wildman–Crippen LogP) is 3.01. The first-order valence-corrected chi connectivity index (χ1v) is 6.64. The lowest BCUT2D eigenvalue weighted by Gasteiger charge is -2.22. The molecule has 1 saturated carbocycles. The average Bonchev–Trinajstić information content (AvgIpc) is 3.05. The van der Waals surface area contributed by atoms with Crippen LogP contribution in [0.4, 0.5) is 5.69 Å². The quantitative estimate of drug-likeness (QED) is 0.893. The number of nitrogens with one attached hydrogen (secondary N) is 1. The summed E-state index contributed by atoms with van der Waals surface area (Å²) >= 11 is 3.55. The fraction of sp³-hybridized carbons (Fsp3) is 0.538. The Balaban J connectivity index is 2.17. The van der Waals surface area contributed by atoms with Gasteiger partial charge in [0.15, 0.2) is 0 Å². The smallest absolute Gasteiger partial charge is 0.0420 e. The molecule has 0 atom stereocenters. The van der Waals surface area contributed by atoms with Gasteiger partial charge in [-0.25, -0.2) is 0 Å². The van der Waals surface area contributed by atoms with Crippen LogP contribution in [0.25, 0.3) is 0 Å². The van der Waals surface area contributed by atoms with E-state index in [9.17, 15) is 0 Å². The Morgan fingerprint density at radius 3 is 2.81 bits per heavy atom. The minimum atomic E-state index is 0.923. The first kappa shape index (κ1) is 11.9. The Morgan fingerprint density at radius 2 is 2.19 bits per heavy atom. The van der Waals surface area contributed by atoms with Crippen molar-refractivity contribution in [3.63, 3.8) is 0 Å². The molecule has 0 saturated heterocycles. The van der Waals surface area contributed by atoms with Crippen LogP contribution in [0.1, 0.15) is 18.4 Å². The summed E-state index contributed by atoms with van der Waals surface area (Å²) < 4.78 is 1.16. The maximum absolute atomic E-state index is 3.55. The maximum Gasteiger partial charge on any atom is 0.0420 e. The van der Waals surface area contributed by atoms with Crippen molar-refractivity contribution < 1.29 is 0 Å². The van der Waals surface area contributed by atoms with Crippen molar-refractivity contribution in [1.82, 2.24) is 5.32 Å². The van der Waals surface area contributed by atoms with Crippen LogP contribution >= 0.6 is 15.9 Å². The van der Waals surface area contributed by atoms with Gasteiger partial charge in [-0.3, -0.25) is 0 Å². The van der Waals surface area contributed by atoms with Gasteiger partial charge in [0.25, 0.3) is 0 Å². The summed E-state index contributed by atoms with van der Waals surface area (Å²) in [5, 5.41) is 3.23. The molecule has 0 bridgehead atoms. The molecular formula is C13H19BrN2. The molecule has 16 heavy (non-hydrogen) atoms. The second kappa shape index (κ2) is 5.19. The molecule has 0 aromatic heterocycles. The van der Waals surface area contributed by atoms with E-state index < -0.39 is 0 Å². The van der Waals surface area contributed by atoms with Gasteiger partial charge in [-0.15, -0.1) is 0 Å². The summed E-state index contributed by atoms with van der Waals surface area (Å²) in [5.74, 6) is 0.923. The summed E-state index contributed by atoms with van der Waals surface area (Å²) in [6.45, 7) is 2.12. The molecule has 0 radical (unpaired) electrons. The van der Waals surface area contributed by atoms with E-state index in [0.717, 1.165) is 16.9 Å². The molecule has 0 spiro atoms. The van der Waals surface area contributed by atoms with Crippen molar-refractivity contribution >= 4 is 21.6 Å². The number of nitrogens with zero attached hydrogens (tertiary/aromatic N) is 1. The molecule has 1 aromatic carbocycles. The Morgan fingerprint density at radius 1 is 1.44 bits per heavy atom. The van der Waals surface area contributed by atoms with Gasteiger partial charge in [-0.05, 0) is 43.5 Å². The van der Waals surface area contributed by atoms with Crippen LogP contribution in [-0.2, 0) is 6.54 Å². The van der Waals surface area contributed by atoms with Gasteiger partial charge in [0.2, 0.25) is 0 Å². The maximum atomic E-state index is 3.55. The molecule has 2 rings (SSSR count). The van der Waals surface area contributed by atoms with Crippen LogP contribution in [0.3, 0.4) is 0 Å². The minimum Gasteiger partial charge on any atom is -0.374 e. The van der Waals surface area contributed by atoms with Crippen LogP contribution < -0.4 is 10.2 Å². The van der Waals surface area contributed by atoms with Crippen LogP contribution in [0.15, 0.2) is 22.7 Å². The van der Waals surface area contributed by atoms with Crippen LogP contribution in [0.2, 0.25) is 0 Å². The van der Waals surface area contributed by atoms with Crippen LogP contribution in [0, 0.1) is 5.92 Å². The number of benzene rings is 1. The molecule has 1 aliphatic carbocycles. The highest BCUT2D eigenvalue weighted by molar-refractivity contribution is 9.10. The van der Waals surface area contributed by atoms with Crippen LogP contribution in [-0.4, -0.2) is 20.6 Å². The van der Waals surface area contributed by atoms with E-state index in [1.165, 1.54) is 30.6 Å². The molecule has 0 amide bonds. The lowest BCUT2D eigenvalue weighted by Crippen LogP contribution is -2.22. The number of hydrogen-bond acceptors (Lipinski definition) is 2. The van der Waals surface area contributed by atoms with Gasteiger partial charge in [-0.2, -0.15) is 0 Å². The van der Waals surface area contributed by atoms with Gasteiger partial charge in [0, 0.05) is 30.3 Å². The van der Waals surface area contributed by atoms with Gasteiger partial charge in [0.05, 0.1) is 0 Å². The van der Waals surface area contributed by atoms with Gasteiger partial charge < -0.3 is 10.2 Å². The molecule has 3 heteroatoms. The summed E-state index contributed by atoms with van der Waals surface area (Å²) in [6, 6.07) is 6.52. The summed E-state index contributed by atoms with van der Waals surface area (Å²) in [5.41, 5.74) is 2.71. The van der Waals surface area contributed by atoms with E-state index >= 15 is 0 Å². The zero-order chi connectivity index (χ0) is 11.5. The highest BCUT2D eigenvalue weighted by atomic mass is 79.9. The number of hydrogen-bond donors (Lipinski definition) is 1. The summed E-state index contributed by atoms with van der Waals surface area (Å²) in [4.78, 5) is 2.38. The van der Waals surface area contributed by atoms with E-state index in [4.69, 9.17) is 0 Å². The third-order valence-electron chi connectivity index (χ3n) is 3.05. The zero-order valence-electron chi connectivity index (χ0n) is 9.96. The van der Waals surface area contributed by atoms with E-state index in [-0.39, 0.29) is 0 Å². The third kappa shape index (κ3) is 2.98. The van der Waals surface area contributed by atoms with E-state index in [2.05, 4.69) is 51.4 Å². The van der Waals surface area contributed by atoms with Crippen LogP contribution in [0.5, 0.6) is 0 Å². The van der Waals surface area contributed by atoms with Gasteiger partial charge in [0.1, 0.15) is 0 Å². The first-order valence-electron chi connectivity index (χ1n) is 5.85. The molecular weight excluding hydrogens is 264 g/mol. The fourth-order valence-corrected chi connectivity index (χ4v) is 2.37. The molecule has 1 aliphatic rings. The second-order valence-corrected chi connectivity index (χ2v) is 5.54. The third-order valence-corrected chi connectivity index (χ3v) is 3.55. The monoisotopic (exact) mass is 282 g/mol. The summed E-state index contributed by atoms with van der Waals surface area (Å²) in [6.07, 6.45) is 2.80. The Hall–Kier alpha value is -0.540. The second-order valence-electron chi connectivity index (χ2n) is 4.63. The Bertz CT molecular complexity index is 361. The van der Waals surface area contributed by atoms with Gasteiger partial charge >= 0.3 is 0 Å². The van der Waals surface area contributed by atoms with Crippen molar-refractivity contribution in [1.29, 1.82) is 0 Å². The predicted molar refractivity (Wildman–Crippen MR) is 72.9 cm³/mol. The fourth-order valence-electron chi connectivity index (χ4n) is 2.02. The van der Waals surface area contributed by atoms with E-state index in [1.807, 2.05) is 7.05 Å². The Kier molecular flexibility index (Phi) is 3.87. The highest BCUT2D eigenvalue weighted by Crippen LogP contribution is 2.32. The van der Waals surface area contributed by atoms with E-state index in [1.54, 1.807) is 0 Å².